The molecule has 2 N–H and O–H groups in total. The summed E-state index contributed by atoms with van der Waals surface area (Å²) < 4.78 is 5.16. The lowest BCUT2D eigenvalue weighted by atomic mass is 10.00. The maximum absolute atomic E-state index is 11.6. The second-order valence-corrected chi connectivity index (χ2v) is 5.91. The molecule has 0 aromatic carbocycles. The lowest BCUT2D eigenvalue weighted by Gasteiger charge is -2.24. The molecule has 106 valence electrons. The molecule has 0 rings (SSSR count). The van der Waals surface area contributed by atoms with E-state index in [2.05, 4.69) is 5.32 Å². The first-order valence-corrected chi connectivity index (χ1v) is 6.31. The maximum atomic E-state index is 11.6. The molecule has 5 heteroatoms. The van der Waals surface area contributed by atoms with Crippen LogP contribution in [0.3, 0.4) is 0 Å². The largest absolute Gasteiger partial charge is 0.481 e. The van der Waals surface area contributed by atoms with Gasteiger partial charge in [-0.2, -0.15) is 0 Å². The van der Waals surface area contributed by atoms with Crippen molar-refractivity contribution < 1.29 is 19.4 Å². The SMILES string of the molecule is CC(C)C[C@@H](CCC(=O)O)NC(=O)OC(C)(C)C. The van der Waals surface area contributed by atoms with Crippen molar-refractivity contribution in [3.8, 4) is 0 Å². The average molecular weight is 259 g/mol. The lowest BCUT2D eigenvalue weighted by molar-refractivity contribution is -0.137. The molecule has 5 nitrogen and oxygen atoms in total. The lowest BCUT2D eigenvalue weighted by Crippen LogP contribution is -2.40. The van der Waals surface area contributed by atoms with Gasteiger partial charge in [0.1, 0.15) is 5.60 Å². The summed E-state index contributed by atoms with van der Waals surface area (Å²) >= 11 is 0. The van der Waals surface area contributed by atoms with Gasteiger partial charge in [0.05, 0.1) is 0 Å². The summed E-state index contributed by atoms with van der Waals surface area (Å²) in [5.74, 6) is -0.464. The Morgan fingerprint density at radius 1 is 1.28 bits per heavy atom. The molecule has 1 atom stereocenters. The predicted molar refractivity (Wildman–Crippen MR) is 69.5 cm³/mol. The van der Waals surface area contributed by atoms with Gasteiger partial charge in [0.25, 0.3) is 0 Å². The van der Waals surface area contributed by atoms with Gasteiger partial charge in [-0.05, 0) is 39.5 Å². The van der Waals surface area contributed by atoms with E-state index in [9.17, 15) is 9.59 Å². The summed E-state index contributed by atoms with van der Waals surface area (Å²) in [7, 11) is 0. The van der Waals surface area contributed by atoms with Crippen LogP contribution in [-0.2, 0) is 9.53 Å². The van der Waals surface area contributed by atoms with Crippen LogP contribution in [-0.4, -0.2) is 28.8 Å². The van der Waals surface area contributed by atoms with Crippen molar-refractivity contribution in [2.75, 3.05) is 0 Å². The number of hydrogen-bond donors (Lipinski definition) is 2. The zero-order valence-electron chi connectivity index (χ0n) is 11.9. The molecule has 0 unspecified atom stereocenters. The van der Waals surface area contributed by atoms with Crippen molar-refractivity contribution >= 4 is 12.1 Å². The predicted octanol–water partition coefficient (Wildman–Crippen LogP) is 2.79. The number of nitrogens with one attached hydrogen (secondary N) is 1. The number of carbonyl (C=O) groups is 2. The van der Waals surface area contributed by atoms with Gasteiger partial charge < -0.3 is 15.2 Å². The Labute approximate surface area is 109 Å². The van der Waals surface area contributed by atoms with Crippen molar-refractivity contribution in [2.45, 2.75) is 65.5 Å². The van der Waals surface area contributed by atoms with E-state index in [1.807, 2.05) is 13.8 Å². The average Bonchev–Trinajstić information content (AvgIpc) is 2.09. The van der Waals surface area contributed by atoms with E-state index in [-0.39, 0.29) is 12.5 Å². The van der Waals surface area contributed by atoms with E-state index in [1.54, 1.807) is 20.8 Å². The highest BCUT2D eigenvalue weighted by molar-refractivity contribution is 5.69. The summed E-state index contributed by atoms with van der Waals surface area (Å²) in [6.45, 7) is 9.44. The summed E-state index contributed by atoms with van der Waals surface area (Å²) in [5, 5.41) is 11.4. The highest BCUT2D eigenvalue weighted by Gasteiger charge is 2.20. The normalized spacial score (nSPS) is 13.2. The molecule has 18 heavy (non-hydrogen) atoms. The van der Waals surface area contributed by atoms with Gasteiger partial charge in [0, 0.05) is 12.5 Å². The van der Waals surface area contributed by atoms with Gasteiger partial charge in [0.2, 0.25) is 0 Å². The standard InChI is InChI=1S/C13H25NO4/c1-9(2)8-10(6-7-11(15)16)14-12(17)18-13(3,4)5/h9-10H,6-8H2,1-5H3,(H,14,17)(H,15,16)/t10-/m1/s1. The fraction of sp³-hybridized carbons (Fsp3) is 0.846. The number of carboxylic acids is 1. The molecule has 0 aliphatic carbocycles. The molecule has 0 bridgehead atoms. The van der Waals surface area contributed by atoms with Crippen molar-refractivity contribution in [1.29, 1.82) is 0 Å². The minimum absolute atomic E-state index is 0.0488. The first-order chi connectivity index (χ1) is 8.10. The highest BCUT2D eigenvalue weighted by atomic mass is 16.6. The number of aliphatic carboxylic acids is 1. The van der Waals surface area contributed by atoms with E-state index >= 15 is 0 Å². The van der Waals surface area contributed by atoms with Crippen LogP contribution in [0.4, 0.5) is 4.79 Å². The molecule has 1 amide bonds. The molecule has 0 aliphatic rings. The highest BCUT2D eigenvalue weighted by Crippen LogP contribution is 2.12. The monoisotopic (exact) mass is 259 g/mol. The third-order valence-corrected chi connectivity index (χ3v) is 2.18. The molecular weight excluding hydrogens is 234 g/mol. The molecule has 0 heterocycles. The van der Waals surface area contributed by atoms with Gasteiger partial charge in [-0.1, -0.05) is 13.8 Å². The summed E-state index contributed by atoms with van der Waals surface area (Å²) in [6.07, 6.45) is 0.727. The third kappa shape index (κ3) is 9.93. The van der Waals surface area contributed by atoms with Crippen molar-refractivity contribution in [3.63, 3.8) is 0 Å². The summed E-state index contributed by atoms with van der Waals surface area (Å²) in [4.78, 5) is 22.2. The fourth-order valence-electron chi connectivity index (χ4n) is 1.59. The quantitative estimate of drug-likeness (QED) is 0.769. The number of rotatable bonds is 6. The van der Waals surface area contributed by atoms with Crippen LogP contribution >= 0.6 is 0 Å². The smallest absolute Gasteiger partial charge is 0.407 e. The number of carbonyl (C=O) groups excluding carboxylic acids is 1. The van der Waals surface area contributed by atoms with Crippen LogP contribution in [0, 0.1) is 5.92 Å². The minimum atomic E-state index is -0.852. The van der Waals surface area contributed by atoms with E-state index in [0.29, 0.717) is 12.3 Å². The fourth-order valence-corrected chi connectivity index (χ4v) is 1.59. The molecule has 0 aromatic heterocycles. The first-order valence-electron chi connectivity index (χ1n) is 6.31. The van der Waals surface area contributed by atoms with Crippen LogP contribution in [0.15, 0.2) is 0 Å². The molecule has 0 aliphatic heterocycles. The second kappa shape index (κ2) is 7.24. The van der Waals surface area contributed by atoms with Gasteiger partial charge >= 0.3 is 12.1 Å². The summed E-state index contributed by atoms with van der Waals surface area (Å²) in [5.41, 5.74) is -0.542. The van der Waals surface area contributed by atoms with Crippen LogP contribution in [0.25, 0.3) is 0 Å². The van der Waals surface area contributed by atoms with Crippen molar-refractivity contribution in [1.82, 2.24) is 5.32 Å². The molecule has 0 spiro atoms. The molecule has 0 aromatic rings. The number of hydrogen-bond acceptors (Lipinski definition) is 3. The topological polar surface area (TPSA) is 75.6 Å². The Hall–Kier alpha value is -1.26. The number of amides is 1. The minimum Gasteiger partial charge on any atom is -0.481 e. The third-order valence-electron chi connectivity index (χ3n) is 2.18. The molecule has 0 radical (unpaired) electrons. The second-order valence-electron chi connectivity index (χ2n) is 5.91. The van der Waals surface area contributed by atoms with E-state index in [1.165, 1.54) is 0 Å². The Kier molecular flexibility index (Phi) is 6.73. The van der Waals surface area contributed by atoms with Crippen LogP contribution in [0.1, 0.15) is 53.9 Å². The number of carboxylic acid groups (broad SMARTS) is 1. The molecule has 0 fully saturated rings. The van der Waals surface area contributed by atoms with Crippen molar-refractivity contribution in [2.24, 2.45) is 5.92 Å². The van der Waals surface area contributed by atoms with Gasteiger partial charge in [-0.25, -0.2) is 4.79 Å². The molecular formula is C13H25NO4. The van der Waals surface area contributed by atoms with Crippen LogP contribution < -0.4 is 5.32 Å². The number of alkyl carbamates (subject to hydrolysis) is 1. The number of ether oxygens (including phenoxy) is 1. The van der Waals surface area contributed by atoms with Crippen LogP contribution in [0.5, 0.6) is 0 Å². The van der Waals surface area contributed by atoms with Gasteiger partial charge in [-0.3, -0.25) is 4.79 Å². The zero-order valence-corrected chi connectivity index (χ0v) is 11.9. The van der Waals surface area contributed by atoms with Crippen molar-refractivity contribution in [3.05, 3.63) is 0 Å². The molecule has 0 saturated heterocycles. The molecule has 0 saturated carbocycles. The van der Waals surface area contributed by atoms with E-state index in [4.69, 9.17) is 9.84 Å². The van der Waals surface area contributed by atoms with Gasteiger partial charge in [0.15, 0.2) is 0 Å². The Morgan fingerprint density at radius 2 is 1.83 bits per heavy atom. The van der Waals surface area contributed by atoms with Crippen LogP contribution in [0.2, 0.25) is 0 Å². The van der Waals surface area contributed by atoms with Gasteiger partial charge in [-0.15, -0.1) is 0 Å². The van der Waals surface area contributed by atoms with E-state index < -0.39 is 17.7 Å². The van der Waals surface area contributed by atoms with E-state index in [0.717, 1.165) is 6.42 Å². The Bertz CT molecular complexity index is 281. The Morgan fingerprint density at radius 3 is 2.22 bits per heavy atom. The summed E-state index contributed by atoms with van der Waals surface area (Å²) in [6, 6.07) is -0.157. The Balaban J connectivity index is 4.30. The first kappa shape index (κ1) is 16.7. The maximum Gasteiger partial charge on any atom is 0.407 e. The zero-order chi connectivity index (χ0) is 14.3.